The van der Waals surface area contributed by atoms with Crippen LogP contribution in [0.2, 0.25) is 0 Å². The second kappa shape index (κ2) is 5.37. The number of rotatable bonds is 5. The van der Waals surface area contributed by atoms with Gasteiger partial charge >= 0.3 is 0 Å². The molecule has 0 aliphatic rings. The Hall–Kier alpha value is -1.75. The van der Waals surface area contributed by atoms with Crippen molar-refractivity contribution < 1.29 is 0 Å². The second-order valence-corrected chi connectivity index (χ2v) is 3.54. The number of hydrogen-bond donors (Lipinski definition) is 1. The van der Waals surface area contributed by atoms with Crippen LogP contribution in [-0.4, -0.2) is 26.3 Å². The molecule has 0 fully saturated rings. The Morgan fingerprint density at radius 2 is 2.31 bits per heavy atom. The van der Waals surface area contributed by atoms with Crippen LogP contribution in [0, 0.1) is 0 Å². The van der Waals surface area contributed by atoms with Crippen molar-refractivity contribution >= 4 is 0 Å². The summed E-state index contributed by atoms with van der Waals surface area (Å²) in [4.78, 5) is 8.20. The number of nitrogens with zero attached hydrogens (tertiary/aromatic N) is 4. The molecule has 2 rings (SSSR count). The highest BCUT2D eigenvalue weighted by Crippen LogP contribution is 2.03. The fraction of sp³-hybridized carbons (Fsp3) is 0.364. The summed E-state index contributed by atoms with van der Waals surface area (Å²) in [5.74, 6) is 0.789. The van der Waals surface area contributed by atoms with Crippen molar-refractivity contribution in [1.82, 2.24) is 25.1 Å². The van der Waals surface area contributed by atoms with Crippen molar-refractivity contribution in [2.45, 2.75) is 19.9 Å². The average molecular weight is 217 g/mol. The summed E-state index contributed by atoms with van der Waals surface area (Å²) in [6.07, 6.45) is 6.14. The van der Waals surface area contributed by atoms with E-state index in [0.29, 0.717) is 0 Å². The quantitative estimate of drug-likeness (QED) is 0.764. The lowest BCUT2D eigenvalue weighted by Crippen LogP contribution is -2.14. The molecule has 16 heavy (non-hydrogen) atoms. The summed E-state index contributed by atoms with van der Waals surface area (Å²) < 4.78 is 1.64. The molecule has 0 saturated heterocycles. The molecule has 0 bridgehead atoms. The molecule has 0 spiro atoms. The van der Waals surface area contributed by atoms with Crippen LogP contribution >= 0.6 is 0 Å². The molecule has 2 aromatic rings. The summed E-state index contributed by atoms with van der Waals surface area (Å²) in [7, 11) is 0. The first-order valence-electron chi connectivity index (χ1n) is 5.41. The maximum absolute atomic E-state index is 4.32. The Morgan fingerprint density at radius 1 is 1.38 bits per heavy atom. The van der Waals surface area contributed by atoms with E-state index in [0.717, 1.165) is 25.3 Å². The minimum Gasteiger partial charge on any atom is -0.313 e. The van der Waals surface area contributed by atoms with Crippen LogP contribution < -0.4 is 5.32 Å². The number of aromatic nitrogens is 4. The smallest absolute Gasteiger partial charge is 0.155 e. The maximum atomic E-state index is 4.32. The van der Waals surface area contributed by atoms with E-state index in [1.807, 2.05) is 18.3 Å². The maximum Gasteiger partial charge on any atom is 0.155 e. The molecule has 2 heterocycles. The van der Waals surface area contributed by atoms with Crippen molar-refractivity contribution in [1.29, 1.82) is 0 Å². The highest BCUT2D eigenvalue weighted by molar-refractivity contribution is 5.23. The summed E-state index contributed by atoms with van der Waals surface area (Å²) >= 11 is 0. The van der Waals surface area contributed by atoms with Crippen molar-refractivity contribution in [2.75, 3.05) is 6.54 Å². The summed E-state index contributed by atoms with van der Waals surface area (Å²) in [5.41, 5.74) is 1.18. The molecule has 0 saturated carbocycles. The standard InChI is InChI=1S/C11H15N5/c1-2-5-12-6-10-3-4-11(14-7-10)16-9-13-8-15-16/h3-4,7-9,12H,2,5-6H2,1H3. The van der Waals surface area contributed by atoms with E-state index in [1.165, 1.54) is 11.9 Å². The van der Waals surface area contributed by atoms with Gasteiger partial charge in [-0.15, -0.1) is 0 Å². The van der Waals surface area contributed by atoms with Crippen LogP contribution in [0.1, 0.15) is 18.9 Å². The van der Waals surface area contributed by atoms with E-state index < -0.39 is 0 Å². The predicted octanol–water partition coefficient (Wildman–Crippen LogP) is 1.16. The SMILES string of the molecule is CCCNCc1ccc(-n2cncn2)nc1. The van der Waals surface area contributed by atoms with E-state index in [2.05, 4.69) is 27.3 Å². The van der Waals surface area contributed by atoms with Gasteiger partial charge in [0, 0.05) is 12.7 Å². The number of hydrogen-bond acceptors (Lipinski definition) is 4. The molecule has 0 aliphatic carbocycles. The van der Waals surface area contributed by atoms with Gasteiger partial charge in [0.25, 0.3) is 0 Å². The Kier molecular flexibility index (Phi) is 3.61. The molecular weight excluding hydrogens is 202 g/mol. The summed E-state index contributed by atoms with van der Waals surface area (Å²) in [6, 6.07) is 3.99. The van der Waals surface area contributed by atoms with Gasteiger partial charge in [-0.3, -0.25) is 0 Å². The van der Waals surface area contributed by atoms with Gasteiger partial charge in [0.1, 0.15) is 12.7 Å². The van der Waals surface area contributed by atoms with Crippen LogP contribution in [0.15, 0.2) is 31.0 Å². The minimum absolute atomic E-state index is 0.789. The lowest BCUT2D eigenvalue weighted by molar-refractivity contribution is 0.673. The first-order valence-corrected chi connectivity index (χ1v) is 5.41. The lowest BCUT2D eigenvalue weighted by Gasteiger charge is -2.04. The Labute approximate surface area is 94.5 Å². The minimum atomic E-state index is 0.789. The van der Waals surface area contributed by atoms with Crippen molar-refractivity contribution in [2.24, 2.45) is 0 Å². The molecule has 0 unspecified atom stereocenters. The van der Waals surface area contributed by atoms with Crippen LogP contribution in [0.3, 0.4) is 0 Å². The normalized spacial score (nSPS) is 10.6. The fourth-order valence-corrected chi connectivity index (χ4v) is 1.39. The predicted molar refractivity (Wildman–Crippen MR) is 61.2 cm³/mol. The molecule has 84 valence electrons. The van der Waals surface area contributed by atoms with Crippen molar-refractivity contribution in [3.8, 4) is 5.82 Å². The van der Waals surface area contributed by atoms with E-state index in [1.54, 1.807) is 11.0 Å². The second-order valence-electron chi connectivity index (χ2n) is 3.54. The van der Waals surface area contributed by atoms with Gasteiger partial charge < -0.3 is 5.32 Å². The third kappa shape index (κ3) is 2.64. The first-order chi connectivity index (χ1) is 7.90. The third-order valence-corrected chi connectivity index (χ3v) is 2.22. The van der Waals surface area contributed by atoms with E-state index >= 15 is 0 Å². The van der Waals surface area contributed by atoms with E-state index in [9.17, 15) is 0 Å². The van der Waals surface area contributed by atoms with Crippen LogP contribution in [0.25, 0.3) is 5.82 Å². The van der Waals surface area contributed by atoms with Gasteiger partial charge in [-0.2, -0.15) is 5.10 Å². The van der Waals surface area contributed by atoms with E-state index in [4.69, 9.17) is 0 Å². The monoisotopic (exact) mass is 217 g/mol. The topological polar surface area (TPSA) is 55.6 Å². The molecular formula is C11H15N5. The molecule has 1 N–H and O–H groups in total. The van der Waals surface area contributed by atoms with Crippen molar-refractivity contribution in [3.63, 3.8) is 0 Å². The van der Waals surface area contributed by atoms with Gasteiger partial charge in [-0.1, -0.05) is 13.0 Å². The summed E-state index contributed by atoms with van der Waals surface area (Å²) in [6.45, 7) is 4.04. The molecule has 5 heteroatoms. The van der Waals surface area contributed by atoms with Gasteiger partial charge in [0.05, 0.1) is 0 Å². The Morgan fingerprint density at radius 3 is 2.94 bits per heavy atom. The van der Waals surface area contributed by atoms with Gasteiger partial charge in [-0.25, -0.2) is 14.6 Å². The van der Waals surface area contributed by atoms with Crippen LogP contribution in [0.5, 0.6) is 0 Å². The molecule has 0 radical (unpaired) electrons. The Bertz CT molecular complexity index is 406. The zero-order valence-corrected chi connectivity index (χ0v) is 9.30. The largest absolute Gasteiger partial charge is 0.313 e. The number of nitrogens with one attached hydrogen (secondary N) is 1. The lowest BCUT2D eigenvalue weighted by atomic mass is 10.3. The molecule has 0 aliphatic heterocycles. The average Bonchev–Trinajstić information content (AvgIpc) is 2.84. The molecule has 2 aromatic heterocycles. The van der Waals surface area contributed by atoms with Crippen molar-refractivity contribution in [3.05, 3.63) is 36.5 Å². The van der Waals surface area contributed by atoms with Gasteiger partial charge in [0.2, 0.25) is 0 Å². The Balaban J connectivity index is 2.00. The van der Waals surface area contributed by atoms with Crippen LogP contribution in [0.4, 0.5) is 0 Å². The molecule has 0 atom stereocenters. The summed E-state index contributed by atoms with van der Waals surface area (Å²) in [5, 5.41) is 7.35. The zero-order valence-electron chi connectivity index (χ0n) is 9.30. The fourth-order valence-electron chi connectivity index (χ4n) is 1.39. The number of pyridine rings is 1. The molecule has 5 nitrogen and oxygen atoms in total. The van der Waals surface area contributed by atoms with E-state index in [-0.39, 0.29) is 0 Å². The van der Waals surface area contributed by atoms with Crippen LogP contribution in [-0.2, 0) is 6.54 Å². The first kappa shape index (κ1) is 10.8. The molecule has 0 aromatic carbocycles. The molecule has 0 amide bonds. The van der Waals surface area contributed by atoms with Gasteiger partial charge in [0.15, 0.2) is 5.82 Å². The van der Waals surface area contributed by atoms with Gasteiger partial charge in [-0.05, 0) is 24.6 Å². The highest BCUT2D eigenvalue weighted by Gasteiger charge is 1.98. The third-order valence-electron chi connectivity index (χ3n) is 2.22. The zero-order chi connectivity index (χ0) is 11.2. The highest BCUT2D eigenvalue weighted by atomic mass is 15.3.